The van der Waals surface area contributed by atoms with Crippen molar-refractivity contribution < 1.29 is 48.0 Å². The van der Waals surface area contributed by atoms with Crippen LogP contribution in [-0.4, -0.2) is 85.8 Å². The summed E-state index contributed by atoms with van der Waals surface area (Å²) in [5.74, 6) is -4.28. The second kappa shape index (κ2) is 12.8. The smallest absolute Gasteiger partial charge is 0.405 e. The third-order valence-electron chi connectivity index (χ3n) is 7.84. The molecule has 2 bridgehead atoms. The number of rotatable bonds is 4. The van der Waals surface area contributed by atoms with Crippen LogP contribution in [-0.2, 0) is 38.1 Å². The van der Waals surface area contributed by atoms with E-state index in [2.05, 4.69) is 5.32 Å². The Kier molecular flexibility index (Phi) is 10.1. The van der Waals surface area contributed by atoms with Crippen molar-refractivity contribution in [2.24, 2.45) is 17.6 Å². The van der Waals surface area contributed by atoms with Gasteiger partial charge >= 0.3 is 6.09 Å². The molecule has 12 nitrogen and oxygen atoms in total. The van der Waals surface area contributed by atoms with Gasteiger partial charge in [-0.15, -0.1) is 0 Å². The van der Waals surface area contributed by atoms with E-state index in [1.807, 2.05) is 6.92 Å². The number of Topliss-reactive ketones (excluding diaryl/α,β-unsaturated/α-hetero) is 1. The molecule has 0 aromatic heterocycles. The molecule has 12 heteroatoms. The molecule has 3 aliphatic rings. The second-order valence-corrected chi connectivity index (χ2v) is 10.8. The fraction of sp³-hybridized carbons (Fsp3) is 0.586. The van der Waals surface area contributed by atoms with Gasteiger partial charge in [0.15, 0.2) is 11.7 Å². The molecule has 0 radical (unpaired) electrons. The lowest BCUT2D eigenvalue weighted by Crippen LogP contribution is -2.49. The number of nitrogens with one attached hydrogen (secondary N) is 1. The molecular formula is C29H40N2O10. The molecule has 0 saturated carbocycles. The molecule has 1 fully saturated rings. The number of epoxide rings is 1. The molecule has 1 aliphatic carbocycles. The Bertz CT molecular complexity index is 1190. The van der Waals surface area contributed by atoms with Gasteiger partial charge in [0.05, 0.1) is 17.9 Å². The lowest BCUT2D eigenvalue weighted by atomic mass is 9.78. The molecule has 1 spiro atoms. The highest BCUT2D eigenvalue weighted by Crippen LogP contribution is 2.57. The number of primary amides is 1. The molecule has 2 amide bonds. The fourth-order valence-electron chi connectivity index (χ4n) is 5.59. The molecule has 0 unspecified atom stereocenters. The van der Waals surface area contributed by atoms with Crippen LogP contribution in [0.25, 0.3) is 0 Å². The van der Waals surface area contributed by atoms with Crippen molar-refractivity contribution in [3.63, 3.8) is 0 Å². The minimum atomic E-state index is -1.77. The minimum Gasteiger partial charge on any atom is -0.439 e. The van der Waals surface area contributed by atoms with Gasteiger partial charge in [-0.2, -0.15) is 0 Å². The van der Waals surface area contributed by atoms with Crippen LogP contribution in [0.1, 0.15) is 40.5 Å². The number of fused-ring (bicyclic) bond motifs is 1. The Morgan fingerprint density at radius 1 is 1.15 bits per heavy atom. The number of nitrogens with two attached hydrogens (primary N) is 1. The van der Waals surface area contributed by atoms with Crippen LogP contribution in [0.2, 0.25) is 0 Å². The Morgan fingerprint density at radius 3 is 2.41 bits per heavy atom. The van der Waals surface area contributed by atoms with Gasteiger partial charge in [0, 0.05) is 38.9 Å². The maximum atomic E-state index is 13.6. The maximum Gasteiger partial charge on any atom is 0.405 e. The van der Waals surface area contributed by atoms with Gasteiger partial charge < -0.3 is 39.8 Å². The molecule has 226 valence electrons. The summed E-state index contributed by atoms with van der Waals surface area (Å²) in [5, 5.41) is 13.7. The molecule has 2 aliphatic heterocycles. The van der Waals surface area contributed by atoms with Gasteiger partial charge in [-0.05, 0) is 38.2 Å². The minimum absolute atomic E-state index is 0.0794. The van der Waals surface area contributed by atoms with E-state index in [0.29, 0.717) is 12.0 Å². The number of hydrogen-bond acceptors (Lipinski definition) is 10. The van der Waals surface area contributed by atoms with E-state index >= 15 is 0 Å². The normalized spacial score (nSPS) is 40.2. The van der Waals surface area contributed by atoms with Crippen molar-refractivity contribution in [2.45, 2.75) is 76.3 Å². The number of aliphatic hydroxyl groups is 1. The topological polar surface area (TPSA) is 176 Å². The van der Waals surface area contributed by atoms with Crippen LogP contribution in [0.4, 0.5) is 4.79 Å². The van der Waals surface area contributed by atoms with Gasteiger partial charge in [0.2, 0.25) is 11.6 Å². The van der Waals surface area contributed by atoms with E-state index < -0.39 is 65.3 Å². The predicted octanol–water partition coefficient (Wildman–Crippen LogP) is 1.62. The van der Waals surface area contributed by atoms with Crippen molar-refractivity contribution in [3.05, 3.63) is 47.2 Å². The van der Waals surface area contributed by atoms with Crippen molar-refractivity contribution in [2.75, 3.05) is 21.3 Å². The molecule has 2 heterocycles. The highest BCUT2D eigenvalue weighted by molar-refractivity contribution is 6.21. The number of allylic oxidation sites excluding steroid dienone is 2. The van der Waals surface area contributed by atoms with E-state index in [-0.39, 0.29) is 23.6 Å². The van der Waals surface area contributed by atoms with Crippen LogP contribution >= 0.6 is 0 Å². The Morgan fingerprint density at radius 2 is 1.83 bits per heavy atom. The van der Waals surface area contributed by atoms with E-state index in [9.17, 15) is 24.3 Å². The Balaban J connectivity index is 2.07. The summed E-state index contributed by atoms with van der Waals surface area (Å²) in [6.07, 6.45) is 3.37. The number of methoxy groups -OCH3 is 3. The first-order valence-electron chi connectivity index (χ1n) is 13.4. The first-order valence-corrected chi connectivity index (χ1v) is 13.4. The highest BCUT2D eigenvalue weighted by atomic mass is 16.8. The molecule has 8 atom stereocenters. The molecule has 4 N–H and O–H groups in total. The highest BCUT2D eigenvalue weighted by Gasteiger charge is 2.81. The molecular weight excluding hydrogens is 536 g/mol. The van der Waals surface area contributed by atoms with Gasteiger partial charge in [0.25, 0.3) is 11.7 Å². The van der Waals surface area contributed by atoms with Gasteiger partial charge in [0.1, 0.15) is 6.10 Å². The number of ether oxygens (including phenoxy) is 5. The summed E-state index contributed by atoms with van der Waals surface area (Å²) in [6, 6.07) is 0. The summed E-state index contributed by atoms with van der Waals surface area (Å²) in [7, 11) is 4.18. The summed E-state index contributed by atoms with van der Waals surface area (Å²) in [4.78, 5) is 51.3. The van der Waals surface area contributed by atoms with Crippen molar-refractivity contribution in [1.29, 1.82) is 0 Å². The molecule has 0 aromatic rings. The third kappa shape index (κ3) is 6.36. The number of ketones is 2. The largest absolute Gasteiger partial charge is 0.439 e. The predicted molar refractivity (Wildman–Crippen MR) is 146 cm³/mol. The van der Waals surface area contributed by atoms with Crippen LogP contribution in [0.5, 0.6) is 0 Å². The second-order valence-electron chi connectivity index (χ2n) is 10.8. The standard InChI is InChI=1S/C29H40N2O10/c1-15-11-21(38-6)23(33)17(3)12-18(4)24(40-27(30)36)20(37-5)10-8-9-16(2)26(35)31-19-13-22(32)29(39-7)28(14-15,41-29)25(19)34/h8-10,12-13,15,17,20-21,23-24,33H,11,14H2,1-7H3,(H2,30,36)(H,31,35)/b10-8-,16-9+,18-12+/t15-,17-,20-,21-,23+,24-,28+,29-/m0/s1. The van der Waals surface area contributed by atoms with Crippen molar-refractivity contribution in [3.8, 4) is 0 Å². The Labute approximate surface area is 239 Å². The van der Waals surface area contributed by atoms with Crippen LogP contribution in [0.15, 0.2) is 47.2 Å². The average Bonchev–Trinajstić information content (AvgIpc) is 3.60. The zero-order valence-electron chi connectivity index (χ0n) is 24.5. The van der Waals surface area contributed by atoms with Crippen molar-refractivity contribution >= 4 is 23.6 Å². The Hall–Kier alpha value is -3.16. The lowest BCUT2D eigenvalue weighted by molar-refractivity contribution is -0.137. The average molecular weight is 577 g/mol. The monoisotopic (exact) mass is 576 g/mol. The van der Waals surface area contributed by atoms with Crippen LogP contribution < -0.4 is 11.1 Å². The fourth-order valence-corrected chi connectivity index (χ4v) is 5.59. The molecule has 3 rings (SSSR count). The summed E-state index contributed by atoms with van der Waals surface area (Å²) in [6.45, 7) is 6.88. The number of aliphatic hydroxyl groups excluding tert-OH is 1. The summed E-state index contributed by atoms with van der Waals surface area (Å²) in [5.41, 5.74) is 4.30. The number of carbonyl (C=O) groups is 4. The first-order chi connectivity index (χ1) is 19.3. The number of amides is 2. The SMILES string of the molecule is CO[C@H]1/C=C\C=C(/C)C(=O)NC2=CC(=O)[C@]3(OC)O[C@]3(C[C@@H](C)C[C@H](OC)[C@H](O)[C@@H](C)/C=C(\C)[C@@H]1OC(N)=O)C2=O. The summed E-state index contributed by atoms with van der Waals surface area (Å²) < 4.78 is 27.7. The maximum absolute atomic E-state index is 13.6. The van der Waals surface area contributed by atoms with Gasteiger partial charge in [-0.3, -0.25) is 14.4 Å². The van der Waals surface area contributed by atoms with E-state index in [0.717, 1.165) is 6.08 Å². The van der Waals surface area contributed by atoms with E-state index in [4.69, 9.17) is 29.4 Å². The molecule has 1 saturated heterocycles. The van der Waals surface area contributed by atoms with Crippen molar-refractivity contribution in [1.82, 2.24) is 5.32 Å². The number of hydrogen-bond donors (Lipinski definition) is 3. The number of carbonyl (C=O) groups excluding carboxylic acids is 4. The van der Waals surface area contributed by atoms with E-state index in [1.165, 1.54) is 40.4 Å². The van der Waals surface area contributed by atoms with Crippen LogP contribution in [0.3, 0.4) is 0 Å². The molecule has 41 heavy (non-hydrogen) atoms. The van der Waals surface area contributed by atoms with E-state index in [1.54, 1.807) is 26.0 Å². The quantitative estimate of drug-likeness (QED) is 0.329. The first kappa shape index (κ1) is 32.4. The zero-order valence-corrected chi connectivity index (χ0v) is 24.5. The summed E-state index contributed by atoms with van der Waals surface area (Å²) >= 11 is 0. The van der Waals surface area contributed by atoms with Gasteiger partial charge in [-0.25, -0.2) is 4.79 Å². The van der Waals surface area contributed by atoms with Gasteiger partial charge in [-0.1, -0.05) is 38.2 Å². The van der Waals surface area contributed by atoms with Crippen LogP contribution in [0, 0.1) is 11.8 Å². The zero-order chi connectivity index (χ0) is 30.7. The lowest BCUT2D eigenvalue weighted by Gasteiger charge is -2.30. The third-order valence-corrected chi connectivity index (χ3v) is 7.84. The molecule has 0 aromatic carbocycles.